The monoisotopic (exact) mass is 641 g/mol. The molecule has 4 aromatic carbocycles. The fourth-order valence-corrected chi connectivity index (χ4v) is 7.38. The third-order valence-electron chi connectivity index (χ3n) is 8.11. The molecule has 228 valence electrons. The normalized spacial score (nSPS) is 14.7. The topological polar surface area (TPSA) is 65.6 Å². The number of ether oxygens (including phenoxy) is 1. The molecule has 0 aliphatic carbocycles. The molecule has 46 heavy (non-hydrogen) atoms. The van der Waals surface area contributed by atoms with E-state index in [9.17, 15) is 9.59 Å². The lowest BCUT2D eigenvalue weighted by molar-refractivity contribution is -0.138. The number of aromatic nitrogens is 2. The predicted molar refractivity (Wildman–Crippen MR) is 187 cm³/mol. The van der Waals surface area contributed by atoms with Gasteiger partial charge in [0.2, 0.25) is 0 Å². The summed E-state index contributed by atoms with van der Waals surface area (Å²) in [7, 11) is 0. The second-order valence-corrected chi connectivity index (χ2v) is 12.8. The number of benzene rings is 4. The van der Waals surface area contributed by atoms with Gasteiger partial charge in [0.05, 0.1) is 28.5 Å². The molecule has 0 N–H and O–H groups in total. The lowest BCUT2D eigenvalue weighted by Crippen LogP contribution is -2.40. The summed E-state index contributed by atoms with van der Waals surface area (Å²) in [5, 5.41) is 1.06. The molecule has 0 unspecified atom stereocenters. The van der Waals surface area contributed by atoms with Crippen LogP contribution in [-0.2, 0) is 16.1 Å². The van der Waals surface area contributed by atoms with Crippen LogP contribution >= 0.6 is 23.1 Å². The Bertz CT molecular complexity index is 2270. The highest BCUT2D eigenvalue weighted by molar-refractivity contribution is 7.98. The van der Waals surface area contributed by atoms with Gasteiger partial charge in [0.15, 0.2) is 4.80 Å². The molecule has 0 saturated carbocycles. The lowest BCUT2D eigenvalue weighted by Gasteiger charge is -2.26. The first-order valence-corrected chi connectivity index (χ1v) is 17.1. The second kappa shape index (κ2) is 12.8. The molecule has 6 aromatic rings. The zero-order valence-electron chi connectivity index (χ0n) is 25.4. The van der Waals surface area contributed by atoms with Gasteiger partial charge in [-0.1, -0.05) is 102 Å². The van der Waals surface area contributed by atoms with Gasteiger partial charge >= 0.3 is 5.97 Å². The number of nitrogens with zero attached hydrogens (tertiary/aromatic N) is 3. The molecule has 0 saturated heterocycles. The minimum Gasteiger partial charge on any atom is -0.463 e. The smallest absolute Gasteiger partial charge is 0.338 e. The number of esters is 1. The molecule has 1 atom stereocenters. The molecule has 0 fully saturated rings. The Morgan fingerprint density at radius 2 is 1.63 bits per heavy atom. The fourth-order valence-electron chi connectivity index (χ4n) is 5.98. The zero-order valence-corrected chi connectivity index (χ0v) is 27.1. The van der Waals surface area contributed by atoms with E-state index in [1.165, 1.54) is 16.9 Å². The van der Waals surface area contributed by atoms with Gasteiger partial charge in [-0.05, 0) is 48.6 Å². The van der Waals surface area contributed by atoms with Crippen molar-refractivity contribution in [3.63, 3.8) is 0 Å². The lowest BCUT2D eigenvalue weighted by atomic mass is 9.93. The quantitative estimate of drug-likeness (QED) is 0.138. The molecule has 0 spiro atoms. The van der Waals surface area contributed by atoms with E-state index in [4.69, 9.17) is 9.73 Å². The Morgan fingerprint density at radius 1 is 0.935 bits per heavy atom. The molecule has 0 bridgehead atoms. The van der Waals surface area contributed by atoms with E-state index < -0.39 is 12.0 Å². The predicted octanol–water partition coefficient (Wildman–Crippen LogP) is 6.66. The van der Waals surface area contributed by atoms with Crippen LogP contribution in [0.5, 0.6) is 0 Å². The fraction of sp³-hybridized carbons (Fsp3) is 0.132. The molecule has 3 heterocycles. The Kier molecular flexibility index (Phi) is 8.30. The summed E-state index contributed by atoms with van der Waals surface area (Å²) in [6.07, 6.45) is 6.08. The standard InChI is InChI=1S/C38H31N3O3S2/c1-3-44-37(43)33-34(26-14-8-5-9-15-26)39-38-41(35(33)27-18-20-29(45-2)21-19-27)36(42)32(46-38)22-28-24-40(23-25-12-6-4-7-13-25)31-17-11-10-16-30(28)31/h4-22,24,35H,3,23H2,1-2H3/b32-22-/t35-/m1/s1. The number of hydrogen-bond acceptors (Lipinski definition) is 6. The zero-order chi connectivity index (χ0) is 31.6. The number of carbonyl (C=O) groups excluding carboxylic acids is 1. The maximum Gasteiger partial charge on any atom is 0.338 e. The molecule has 1 aliphatic heterocycles. The van der Waals surface area contributed by atoms with Crippen molar-refractivity contribution in [3.05, 3.63) is 163 Å². The van der Waals surface area contributed by atoms with E-state index in [2.05, 4.69) is 35.0 Å². The molecule has 1 aliphatic rings. The van der Waals surface area contributed by atoms with Gasteiger partial charge in [-0.2, -0.15) is 0 Å². The van der Waals surface area contributed by atoms with Gasteiger partial charge in [0.1, 0.15) is 0 Å². The van der Waals surface area contributed by atoms with Crippen LogP contribution in [-0.4, -0.2) is 28.0 Å². The average molecular weight is 642 g/mol. The van der Waals surface area contributed by atoms with Crippen molar-refractivity contribution in [2.75, 3.05) is 12.9 Å². The summed E-state index contributed by atoms with van der Waals surface area (Å²) in [5.74, 6) is -0.484. The highest BCUT2D eigenvalue weighted by atomic mass is 32.2. The van der Waals surface area contributed by atoms with Crippen molar-refractivity contribution in [1.29, 1.82) is 0 Å². The van der Waals surface area contributed by atoms with Crippen molar-refractivity contribution in [2.24, 2.45) is 4.99 Å². The van der Waals surface area contributed by atoms with Gasteiger partial charge in [-0.25, -0.2) is 9.79 Å². The molecule has 0 amide bonds. The van der Waals surface area contributed by atoms with Crippen LogP contribution in [0.25, 0.3) is 22.7 Å². The molecular formula is C38H31N3O3S2. The van der Waals surface area contributed by atoms with Crippen LogP contribution in [0.15, 0.2) is 136 Å². The first-order valence-electron chi connectivity index (χ1n) is 15.1. The van der Waals surface area contributed by atoms with Crippen molar-refractivity contribution in [3.8, 4) is 0 Å². The van der Waals surface area contributed by atoms with Gasteiger partial charge in [0, 0.05) is 39.7 Å². The van der Waals surface area contributed by atoms with Crippen LogP contribution in [0, 0.1) is 0 Å². The number of thiazole rings is 1. The van der Waals surface area contributed by atoms with Gasteiger partial charge < -0.3 is 9.30 Å². The van der Waals surface area contributed by atoms with E-state index in [0.29, 0.717) is 27.1 Å². The molecule has 0 radical (unpaired) electrons. The van der Waals surface area contributed by atoms with Crippen LogP contribution in [0.4, 0.5) is 0 Å². The number of para-hydroxylation sites is 1. The minimum atomic E-state index is -0.706. The largest absolute Gasteiger partial charge is 0.463 e. The van der Waals surface area contributed by atoms with Crippen molar-refractivity contribution in [1.82, 2.24) is 9.13 Å². The second-order valence-electron chi connectivity index (χ2n) is 10.9. The summed E-state index contributed by atoms with van der Waals surface area (Å²) in [4.78, 5) is 34.8. The van der Waals surface area contributed by atoms with E-state index in [0.717, 1.165) is 32.5 Å². The average Bonchev–Trinajstić information content (AvgIpc) is 3.60. The molecular weight excluding hydrogens is 611 g/mol. The van der Waals surface area contributed by atoms with E-state index in [1.807, 2.05) is 97.3 Å². The summed E-state index contributed by atoms with van der Waals surface area (Å²) < 4.78 is 10.0. The molecule has 8 heteroatoms. The summed E-state index contributed by atoms with van der Waals surface area (Å²) >= 11 is 2.98. The Labute approximate surface area is 274 Å². The first-order chi connectivity index (χ1) is 22.6. The van der Waals surface area contributed by atoms with Gasteiger partial charge in [-0.15, -0.1) is 11.8 Å². The number of hydrogen-bond donors (Lipinski definition) is 0. The Balaban J connectivity index is 1.45. The Morgan fingerprint density at radius 3 is 2.35 bits per heavy atom. The van der Waals surface area contributed by atoms with Crippen molar-refractivity contribution >= 4 is 51.7 Å². The van der Waals surface area contributed by atoms with E-state index in [-0.39, 0.29) is 12.2 Å². The summed E-state index contributed by atoms with van der Waals surface area (Å²) in [5.41, 5.74) is 5.51. The molecule has 2 aromatic heterocycles. The summed E-state index contributed by atoms with van der Waals surface area (Å²) in [6, 6.07) is 35.5. The minimum absolute atomic E-state index is 0.198. The number of carbonyl (C=O) groups is 1. The Hall–Kier alpha value is -4.92. The van der Waals surface area contributed by atoms with Crippen molar-refractivity contribution in [2.45, 2.75) is 24.4 Å². The highest BCUT2D eigenvalue weighted by Gasteiger charge is 2.35. The molecule has 6 nitrogen and oxygen atoms in total. The molecule has 7 rings (SSSR count). The van der Waals surface area contributed by atoms with Gasteiger partial charge in [-0.3, -0.25) is 9.36 Å². The van der Waals surface area contributed by atoms with Crippen LogP contribution in [0.2, 0.25) is 0 Å². The SMILES string of the molecule is CCOC(=O)C1=C(c2ccccc2)N=c2s/c(=C\c3cn(Cc4ccccc4)c4ccccc34)c(=O)n2[C@@H]1c1ccc(SC)cc1. The van der Waals surface area contributed by atoms with Crippen LogP contribution in [0.1, 0.15) is 35.2 Å². The van der Waals surface area contributed by atoms with Crippen LogP contribution < -0.4 is 14.9 Å². The maximum absolute atomic E-state index is 14.4. The van der Waals surface area contributed by atoms with Crippen molar-refractivity contribution < 1.29 is 9.53 Å². The number of fused-ring (bicyclic) bond motifs is 2. The maximum atomic E-state index is 14.4. The number of thioether (sulfide) groups is 1. The van der Waals surface area contributed by atoms with E-state index in [1.54, 1.807) is 23.3 Å². The summed E-state index contributed by atoms with van der Waals surface area (Å²) in [6.45, 7) is 2.71. The first kappa shape index (κ1) is 29.8. The van der Waals surface area contributed by atoms with Gasteiger partial charge in [0.25, 0.3) is 5.56 Å². The third-order valence-corrected chi connectivity index (χ3v) is 9.83. The number of rotatable bonds is 8. The van der Waals surface area contributed by atoms with Crippen LogP contribution in [0.3, 0.4) is 0 Å². The highest BCUT2D eigenvalue weighted by Crippen LogP contribution is 2.35. The third kappa shape index (κ3) is 5.55. The van der Waals surface area contributed by atoms with E-state index >= 15 is 0 Å².